The second-order valence-corrected chi connectivity index (χ2v) is 12.5. The molecule has 2 N–H and O–H groups in total. The van der Waals surface area contributed by atoms with Gasteiger partial charge in [0.25, 0.3) is 0 Å². The topological polar surface area (TPSA) is 66.4 Å². The molecule has 0 heterocycles. The van der Waals surface area contributed by atoms with Gasteiger partial charge in [-0.25, -0.2) is 0 Å². The average molecular weight is 416 g/mol. The summed E-state index contributed by atoms with van der Waals surface area (Å²) in [5, 5.41) is 12.7. The van der Waals surface area contributed by atoms with Crippen molar-refractivity contribution in [3.63, 3.8) is 0 Å². The lowest BCUT2D eigenvalue weighted by molar-refractivity contribution is -0.137. The lowest BCUT2D eigenvalue weighted by atomic mass is 9.45. The minimum atomic E-state index is -0.788. The quantitative estimate of drug-likeness (QED) is 0.601. The normalized spacial score (nSPS) is 41.0. The number of hydrogen-bond acceptors (Lipinski definition) is 2. The summed E-state index contributed by atoms with van der Waals surface area (Å²) >= 11 is 0. The summed E-state index contributed by atoms with van der Waals surface area (Å²) in [4.78, 5) is 24.4. The molecule has 0 aromatic rings. The van der Waals surface area contributed by atoms with E-state index < -0.39 is 11.4 Å². The maximum Gasteiger partial charge on any atom is 0.307 e. The van der Waals surface area contributed by atoms with Crippen LogP contribution in [0.15, 0.2) is 11.3 Å². The minimum Gasteiger partial charge on any atom is -0.481 e. The maximum atomic E-state index is 12.8. The Morgan fingerprint density at radius 3 is 2.47 bits per heavy atom. The Balaban J connectivity index is 1.64. The van der Waals surface area contributed by atoms with Crippen LogP contribution in [0, 0.1) is 39.9 Å². The molecule has 4 rings (SSSR count). The molecular formula is C26H41NO3. The number of carboxylic acid groups (broad SMARTS) is 1. The molecule has 0 aromatic heterocycles. The van der Waals surface area contributed by atoms with Crippen molar-refractivity contribution in [3.8, 4) is 0 Å². The molecule has 0 saturated heterocycles. The van der Waals surface area contributed by atoms with Gasteiger partial charge in [0.05, 0.1) is 6.42 Å². The Morgan fingerprint density at radius 1 is 1.07 bits per heavy atom. The van der Waals surface area contributed by atoms with Crippen LogP contribution in [0.2, 0.25) is 0 Å². The van der Waals surface area contributed by atoms with Crippen LogP contribution in [0.1, 0.15) is 98.8 Å². The van der Waals surface area contributed by atoms with E-state index in [1.165, 1.54) is 44.9 Å². The number of carboxylic acids is 1. The van der Waals surface area contributed by atoms with E-state index in [0.717, 1.165) is 35.9 Å². The van der Waals surface area contributed by atoms with E-state index in [4.69, 9.17) is 0 Å². The number of carbonyl (C=O) groups is 2. The third-order valence-corrected chi connectivity index (χ3v) is 9.63. The van der Waals surface area contributed by atoms with E-state index in [-0.39, 0.29) is 17.7 Å². The Labute approximate surface area is 182 Å². The lowest BCUT2D eigenvalue weighted by Crippen LogP contribution is -2.53. The van der Waals surface area contributed by atoms with Crippen LogP contribution in [0.5, 0.6) is 0 Å². The van der Waals surface area contributed by atoms with Crippen molar-refractivity contribution < 1.29 is 14.7 Å². The molecule has 0 radical (unpaired) electrons. The molecule has 3 saturated carbocycles. The Morgan fingerprint density at radius 2 is 1.80 bits per heavy atom. The van der Waals surface area contributed by atoms with Crippen molar-refractivity contribution in [2.24, 2.45) is 39.9 Å². The molecule has 3 unspecified atom stereocenters. The zero-order valence-corrected chi connectivity index (χ0v) is 19.6. The summed E-state index contributed by atoms with van der Waals surface area (Å²) in [7, 11) is 0. The van der Waals surface area contributed by atoms with Gasteiger partial charge in [0.15, 0.2) is 0 Å². The fourth-order valence-corrected chi connectivity index (χ4v) is 7.88. The van der Waals surface area contributed by atoms with Crippen LogP contribution in [0.3, 0.4) is 0 Å². The maximum absolute atomic E-state index is 12.8. The van der Waals surface area contributed by atoms with Gasteiger partial charge in [0, 0.05) is 11.1 Å². The van der Waals surface area contributed by atoms with Gasteiger partial charge in [0.2, 0.25) is 5.91 Å². The van der Waals surface area contributed by atoms with Gasteiger partial charge in [-0.2, -0.15) is 0 Å². The van der Waals surface area contributed by atoms with Crippen molar-refractivity contribution in [2.75, 3.05) is 0 Å². The highest BCUT2D eigenvalue weighted by Crippen LogP contribution is 2.66. The fourth-order valence-electron chi connectivity index (χ4n) is 7.88. The molecule has 4 aliphatic carbocycles. The summed E-state index contributed by atoms with van der Waals surface area (Å²) in [5.74, 6) is 2.15. The Bertz CT molecular complexity index is 763. The number of allylic oxidation sites excluding steroid dienone is 1. The number of hydrogen-bond donors (Lipinski definition) is 2. The molecule has 1 amide bonds. The second-order valence-electron chi connectivity index (χ2n) is 12.5. The molecule has 3 fully saturated rings. The minimum absolute atomic E-state index is 0.00168. The SMILES string of the molecule is CC(C)(C)C(=O)NC1=C(CC(=O)O)C[C@@H]2CCC3C4CCC[C@@]4(C)CCC3[C@@]2(C)C1. The third kappa shape index (κ3) is 3.62. The molecule has 4 heteroatoms. The highest BCUT2D eigenvalue weighted by Gasteiger charge is 2.58. The zero-order chi connectivity index (χ0) is 21.9. The highest BCUT2D eigenvalue weighted by molar-refractivity contribution is 5.83. The van der Waals surface area contributed by atoms with E-state index in [0.29, 0.717) is 17.3 Å². The highest BCUT2D eigenvalue weighted by atomic mass is 16.4. The number of nitrogens with one attached hydrogen (secondary N) is 1. The monoisotopic (exact) mass is 415 g/mol. The summed E-state index contributed by atoms with van der Waals surface area (Å²) in [6, 6.07) is 0. The van der Waals surface area contributed by atoms with Crippen molar-refractivity contribution in [1.29, 1.82) is 0 Å². The van der Waals surface area contributed by atoms with E-state index in [2.05, 4.69) is 19.2 Å². The number of rotatable bonds is 3. The first-order chi connectivity index (χ1) is 13.9. The standard InChI is InChI=1S/C26H41NO3/c1-24(2,3)23(30)27-21-15-26(5)17(13-16(21)14-22(28)29)8-9-18-19-7-6-11-25(19,4)12-10-20(18)26/h17-20H,6-15H2,1-5H3,(H,27,30)(H,28,29)/t17-,18?,19?,20?,25-,26-/m0/s1. The molecule has 30 heavy (non-hydrogen) atoms. The smallest absolute Gasteiger partial charge is 0.307 e. The van der Waals surface area contributed by atoms with Crippen LogP contribution < -0.4 is 5.32 Å². The molecule has 0 aromatic carbocycles. The second kappa shape index (κ2) is 7.38. The van der Waals surface area contributed by atoms with E-state index in [9.17, 15) is 14.7 Å². The molecule has 4 aliphatic rings. The number of aliphatic carboxylic acids is 1. The van der Waals surface area contributed by atoms with E-state index in [1.54, 1.807) is 0 Å². The number of fused-ring (bicyclic) bond motifs is 5. The molecular weight excluding hydrogens is 374 g/mol. The number of amides is 1. The van der Waals surface area contributed by atoms with Crippen LogP contribution in [-0.4, -0.2) is 17.0 Å². The Kier molecular flexibility index (Phi) is 5.38. The third-order valence-electron chi connectivity index (χ3n) is 9.63. The molecule has 6 atom stereocenters. The summed E-state index contributed by atoms with van der Waals surface area (Å²) in [6.45, 7) is 10.8. The molecule has 0 aliphatic heterocycles. The van der Waals surface area contributed by atoms with Crippen molar-refractivity contribution in [1.82, 2.24) is 5.32 Å². The summed E-state index contributed by atoms with van der Waals surface area (Å²) < 4.78 is 0. The van der Waals surface area contributed by atoms with E-state index >= 15 is 0 Å². The van der Waals surface area contributed by atoms with Gasteiger partial charge in [0.1, 0.15) is 0 Å². The van der Waals surface area contributed by atoms with Gasteiger partial charge in [-0.05, 0) is 91.4 Å². The average Bonchev–Trinajstić information content (AvgIpc) is 3.03. The van der Waals surface area contributed by atoms with Crippen LogP contribution in [-0.2, 0) is 9.59 Å². The first kappa shape index (κ1) is 21.9. The van der Waals surface area contributed by atoms with Crippen molar-refractivity contribution in [3.05, 3.63) is 11.3 Å². The van der Waals surface area contributed by atoms with E-state index in [1.807, 2.05) is 20.8 Å². The molecule has 4 nitrogen and oxygen atoms in total. The van der Waals surface area contributed by atoms with Gasteiger partial charge in [-0.3, -0.25) is 9.59 Å². The fraction of sp³-hybridized carbons (Fsp3) is 0.846. The lowest BCUT2D eigenvalue weighted by Gasteiger charge is -2.60. The zero-order valence-electron chi connectivity index (χ0n) is 19.6. The van der Waals surface area contributed by atoms with Crippen molar-refractivity contribution >= 4 is 11.9 Å². The van der Waals surface area contributed by atoms with Crippen molar-refractivity contribution in [2.45, 2.75) is 98.8 Å². The van der Waals surface area contributed by atoms with Crippen LogP contribution in [0.25, 0.3) is 0 Å². The van der Waals surface area contributed by atoms with Gasteiger partial charge in [-0.1, -0.05) is 41.0 Å². The molecule has 0 spiro atoms. The van der Waals surface area contributed by atoms with Crippen LogP contribution >= 0.6 is 0 Å². The summed E-state index contributed by atoms with van der Waals surface area (Å²) in [6.07, 6.45) is 11.1. The molecule has 0 bridgehead atoms. The Hall–Kier alpha value is -1.32. The largest absolute Gasteiger partial charge is 0.481 e. The van der Waals surface area contributed by atoms with Gasteiger partial charge >= 0.3 is 5.97 Å². The number of carbonyl (C=O) groups excluding carboxylic acids is 1. The van der Waals surface area contributed by atoms with Gasteiger partial charge < -0.3 is 10.4 Å². The summed E-state index contributed by atoms with van der Waals surface area (Å²) in [5.41, 5.74) is 2.13. The van der Waals surface area contributed by atoms with Crippen LogP contribution in [0.4, 0.5) is 0 Å². The first-order valence-corrected chi connectivity index (χ1v) is 12.2. The first-order valence-electron chi connectivity index (χ1n) is 12.2. The van der Waals surface area contributed by atoms with Gasteiger partial charge in [-0.15, -0.1) is 0 Å². The molecule has 168 valence electrons. The predicted octanol–water partition coefficient (Wildman–Crippen LogP) is 5.92. The predicted molar refractivity (Wildman–Crippen MR) is 119 cm³/mol.